The highest BCUT2D eigenvalue weighted by Gasteiger charge is 2.29. The minimum atomic E-state index is -4.80. The number of hydrogen-bond acceptors (Lipinski definition) is 8. The predicted molar refractivity (Wildman–Crippen MR) is 49.6 cm³/mol. The second kappa shape index (κ2) is 6.20. The summed E-state index contributed by atoms with van der Waals surface area (Å²) in [6.45, 7) is -1.82. The average molecular weight is 259 g/mol. The molecule has 9 nitrogen and oxygen atoms in total. The summed E-state index contributed by atoms with van der Waals surface area (Å²) in [6, 6.07) is -1.26. The SMILES string of the molecule is N[C@H](CO)[C@@H](O)[C@H](O)C(=O)COS(=O)(=O)O. The zero-order valence-electron chi connectivity index (χ0n) is 8.05. The van der Waals surface area contributed by atoms with Gasteiger partial charge in [0.05, 0.1) is 12.6 Å². The lowest BCUT2D eigenvalue weighted by Crippen LogP contribution is -2.49. The van der Waals surface area contributed by atoms with E-state index in [-0.39, 0.29) is 0 Å². The zero-order chi connectivity index (χ0) is 12.9. The number of carbonyl (C=O) groups is 1. The molecule has 0 aliphatic heterocycles. The van der Waals surface area contributed by atoms with Crippen molar-refractivity contribution in [3.63, 3.8) is 0 Å². The largest absolute Gasteiger partial charge is 0.397 e. The van der Waals surface area contributed by atoms with Gasteiger partial charge in [0.15, 0.2) is 5.78 Å². The van der Waals surface area contributed by atoms with Crippen LogP contribution < -0.4 is 5.73 Å². The lowest BCUT2D eigenvalue weighted by atomic mass is 10.0. The zero-order valence-corrected chi connectivity index (χ0v) is 8.87. The number of hydrogen-bond donors (Lipinski definition) is 5. The van der Waals surface area contributed by atoms with Crippen molar-refractivity contribution in [3.05, 3.63) is 0 Å². The van der Waals surface area contributed by atoms with Crippen LogP contribution in [0.4, 0.5) is 0 Å². The van der Waals surface area contributed by atoms with Crippen LogP contribution in [-0.4, -0.2) is 65.5 Å². The van der Waals surface area contributed by atoms with Gasteiger partial charge in [-0.15, -0.1) is 0 Å². The highest BCUT2D eigenvalue weighted by Crippen LogP contribution is 2.01. The predicted octanol–water partition coefficient (Wildman–Crippen LogP) is -3.58. The third kappa shape index (κ3) is 5.46. The molecule has 6 N–H and O–H groups in total. The van der Waals surface area contributed by atoms with Crippen molar-refractivity contribution >= 4 is 16.2 Å². The third-order valence-electron chi connectivity index (χ3n) is 1.65. The monoisotopic (exact) mass is 259 g/mol. The maximum absolute atomic E-state index is 11.0. The molecule has 0 aliphatic carbocycles. The van der Waals surface area contributed by atoms with Gasteiger partial charge < -0.3 is 21.1 Å². The molecule has 0 spiro atoms. The van der Waals surface area contributed by atoms with Crippen LogP contribution >= 0.6 is 0 Å². The van der Waals surface area contributed by atoms with Crippen LogP contribution in [0.25, 0.3) is 0 Å². The fourth-order valence-electron chi connectivity index (χ4n) is 0.751. The van der Waals surface area contributed by atoms with Crippen LogP contribution in [0.15, 0.2) is 0 Å². The van der Waals surface area contributed by atoms with Gasteiger partial charge in [-0.25, -0.2) is 4.18 Å². The molecule has 0 amide bonds. The summed E-state index contributed by atoms with van der Waals surface area (Å²) < 4.78 is 32.0. The number of ketones is 1. The Hall–Kier alpha value is -0.620. The number of carbonyl (C=O) groups excluding carboxylic acids is 1. The van der Waals surface area contributed by atoms with E-state index in [0.29, 0.717) is 0 Å². The van der Waals surface area contributed by atoms with E-state index in [1.54, 1.807) is 0 Å². The molecule has 0 unspecified atom stereocenters. The quantitative estimate of drug-likeness (QED) is 0.290. The summed E-state index contributed by atoms with van der Waals surface area (Å²) in [7, 11) is -4.80. The summed E-state index contributed by atoms with van der Waals surface area (Å²) in [5, 5.41) is 26.8. The first-order valence-electron chi connectivity index (χ1n) is 4.06. The molecule has 16 heavy (non-hydrogen) atoms. The first-order chi connectivity index (χ1) is 7.19. The summed E-state index contributed by atoms with van der Waals surface area (Å²) >= 11 is 0. The maximum atomic E-state index is 11.0. The molecule has 0 aliphatic rings. The van der Waals surface area contributed by atoms with E-state index in [4.69, 9.17) is 25.6 Å². The molecule has 10 heteroatoms. The van der Waals surface area contributed by atoms with Gasteiger partial charge in [-0.2, -0.15) is 8.42 Å². The van der Waals surface area contributed by atoms with Gasteiger partial charge in [-0.05, 0) is 0 Å². The van der Waals surface area contributed by atoms with Crippen molar-refractivity contribution < 1.29 is 37.3 Å². The molecule has 0 aromatic rings. The summed E-state index contributed by atoms with van der Waals surface area (Å²) in [6.07, 6.45) is -3.77. The minimum Gasteiger partial charge on any atom is -0.395 e. The number of aliphatic hydroxyl groups is 3. The highest BCUT2D eigenvalue weighted by molar-refractivity contribution is 7.80. The summed E-state index contributed by atoms with van der Waals surface area (Å²) in [4.78, 5) is 11.0. The van der Waals surface area contributed by atoms with Crippen LogP contribution in [0.2, 0.25) is 0 Å². The van der Waals surface area contributed by atoms with Crippen LogP contribution in [0, 0.1) is 0 Å². The van der Waals surface area contributed by atoms with E-state index in [0.717, 1.165) is 0 Å². The average Bonchev–Trinajstić information content (AvgIpc) is 2.21. The Morgan fingerprint density at radius 3 is 2.25 bits per heavy atom. The van der Waals surface area contributed by atoms with Crippen LogP contribution in [-0.2, 0) is 19.4 Å². The van der Waals surface area contributed by atoms with E-state index >= 15 is 0 Å². The van der Waals surface area contributed by atoms with Gasteiger partial charge >= 0.3 is 10.4 Å². The molecule has 0 fully saturated rings. The third-order valence-corrected chi connectivity index (χ3v) is 2.07. The Labute approximate surface area is 91.4 Å². The van der Waals surface area contributed by atoms with Gasteiger partial charge in [0.25, 0.3) is 0 Å². The van der Waals surface area contributed by atoms with Crippen molar-refractivity contribution in [2.45, 2.75) is 18.2 Å². The second-order valence-electron chi connectivity index (χ2n) is 2.94. The van der Waals surface area contributed by atoms with Crippen molar-refractivity contribution in [2.24, 2.45) is 5.73 Å². The molecule has 0 rings (SSSR count). The van der Waals surface area contributed by atoms with Crippen molar-refractivity contribution in [3.8, 4) is 0 Å². The van der Waals surface area contributed by atoms with Crippen molar-refractivity contribution in [2.75, 3.05) is 13.2 Å². The molecule has 0 aromatic carbocycles. The van der Waals surface area contributed by atoms with Crippen LogP contribution in [0.5, 0.6) is 0 Å². The van der Waals surface area contributed by atoms with E-state index in [1.807, 2.05) is 0 Å². The molecule has 0 saturated carbocycles. The molecular weight excluding hydrogens is 246 g/mol. The van der Waals surface area contributed by atoms with Crippen molar-refractivity contribution in [1.82, 2.24) is 0 Å². The van der Waals surface area contributed by atoms with Gasteiger partial charge in [0, 0.05) is 0 Å². The lowest BCUT2D eigenvalue weighted by Gasteiger charge is -2.20. The molecule has 96 valence electrons. The van der Waals surface area contributed by atoms with Gasteiger partial charge in [-0.3, -0.25) is 9.35 Å². The fraction of sp³-hybridized carbons (Fsp3) is 0.833. The van der Waals surface area contributed by atoms with Gasteiger partial charge in [-0.1, -0.05) is 0 Å². The minimum absolute atomic E-state index is 0.676. The molecule has 0 bridgehead atoms. The number of Topliss-reactive ketones (excluding diaryl/α,β-unsaturated/α-hetero) is 1. The molecule has 0 heterocycles. The standard InChI is InChI=1S/C6H13NO8S/c7-3(1-8)5(10)6(11)4(9)2-15-16(12,13)14/h3,5-6,8,10-11H,1-2,7H2,(H,12,13,14)/t3-,5-,6-/m1/s1. The second-order valence-corrected chi connectivity index (χ2v) is 4.03. The highest BCUT2D eigenvalue weighted by atomic mass is 32.3. The number of rotatable bonds is 7. The van der Waals surface area contributed by atoms with E-state index in [1.165, 1.54) is 0 Å². The molecular formula is C6H13NO8S. The Bertz CT molecular complexity index is 327. The normalized spacial score (nSPS) is 17.8. The summed E-state index contributed by atoms with van der Waals surface area (Å²) in [5.41, 5.74) is 5.12. The van der Waals surface area contributed by atoms with Crippen molar-refractivity contribution in [1.29, 1.82) is 0 Å². The maximum Gasteiger partial charge on any atom is 0.397 e. The van der Waals surface area contributed by atoms with Gasteiger partial charge in [0.1, 0.15) is 18.8 Å². The Morgan fingerprint density at radius 2 is 1.88 bits per heavy atom. The van der Waals surface area contributed by atoms with E-state index in [2.05, 4.69) is 4.18 Å². The van der Waals surface area contributed by atoms with E-state index < -0.39 is 47.6 Å². The Morgan fingerprint density at radius 1 is 1.38 bits per heavy atom. The smallest absolute Gasteiger partial charge is 0.395 e. The lowest BCUT2D eigenvalue weighted by molar-refractivity contribution is -0.136. The van der Waals surface area contributed by atoms with Crippen LogP contribution in [0.3, 0.4) is 0 Å². The number of aliphatic hydroxyl groups excluding tert-OH is 3. The first-order valence-corrected chi connectivity index (χ1v) is 5.42. The van der Waals surface area contributed by atoms with E-state index in [9.17, 15) is 13.2 Å². The Balaban J connectivity index is 4.29. The molecule has 0 radical (unpaired) electrons. The molecule has 0 aromatic heterocycles. The van der Waals surface area contributed by atoms with Gasteiger partial charge in [0.2, 0.25) is 0 Å². The molecule has 0 saturated heterocycles. The summed E-state index contributed by atoms with van der Waals surface area (Å²) in [5.74, 6) is -1.20. The fourth-order valence-corrected chi connectivity index (χ4v) is 1.02. The van der Waals surface area contributed by atoms with Crippen LogP contribution in [0.1, 0.15) is 0 Å². The molecule has 3 atom stereocenters. The number of nitrogens with two attached hydrogens (primary N) is 1. The first kappa shape index (κ1) is 15.4. The Kier molecular flexibility index (Phi) is 5.96. The topological polar surface area (TPSA) is 167 Å².